The van der Waals surface area contributed by atoms with Gasteiger partial charge in [-0.3, -0.25) is 4.79 Å². The van der Waals surface area contributed by atoms with E-state index in [9.17, 15) is 13.2 Å². The van der Waals surface area contributed by atoms with E-state index < -0.39 is 10.0 Å². The summed E-state index contributed by atoms with van der Waals surface area (Å²) < 4.78 is 44.1. The number of amides is 1. The molecule has 0 aromatic heterocycles. The van der Waals surface area contributed by atoms with Gasteiger partial charge >= 0.3 is 0 Å². The zero-order chi connectivity index (χ0) is 23.4. The van der Waals surface area contributed by atoms with Gasteiger partial charge in [0.1, 0.15) is 13.2 Å². The van der Waals surface area contributed by atoms with E-state index in [-0.39, 0.29) is 17.3 Å². The fourth-order valence-corrected chi connectivity index (χ4v) is 5.35. The van der Waals surface area contributed by atoms with Crippen LogP contribution >= 0.6 is 0 Å². The molecule has 33 heavy (non-hydrogen) atoms. The highest BCUT2D eigenvalue weighted by Crippen LogP contribution is 2.40. The zero-order valence-electron chi connectivity index (χ0n) is 18.8. The summed E-state index contributed by atoms with van der Waals surface area (Å²) in [5.41, 5.74) is 1.76. The minimum Gasteiger partial charge on any atom is -0.493 e. The van der Waals surface area contributed by atoms with Crippen molar-refractivity contribution in [2.45, 2.75) is 18.2 Å². The molecule has 0 saturated carbocycles. The van der Waals surface area contributed by atoms with Crippen molar-refractivity contribution in [1.29, 1.82) is 0 Å². The first-order chi connectivity index (χ1) is 15.9. The molecule has 2 aromatic carbocycles. The Hall–Kier alpha value is -3.04. The molecule has 8 nitrogen and oxygen atoms in total. The normalized spacial score (nSPS) is 17.1. The third-order valence-electron chi connectivity index (χ3n) is 5.69. The fraction of sp³-hybridized carbons (Fsp3) is 0.375. The Bertz CT molecular complexity index is 1130. The predicted molar refractivity (Wildman–Crippen MR) is 124 cm³/mol. The second kappa shape index (κ2) is 9.84. The van der Waals surface area contributed by atoms with Gasteiger partial charge in [0.2, 0.25) is 21.7 Å². The van der Waals surface area contributed by atoms with Crippen LogP contribution in [0.3, 0.4) is 0 Å². The topological polar surface area (TPSA) is 85.4 Å². The lowest BCUT2D eigenvalue weighted by atomic mass is 10.1. The largest absolute Gasteiger partial charge is 0.493 e. The highest BCUT2D eigenvalue weighted by atomic mass is 32.2. The average Bonchev–Trinajstić information content (AvgIpc) is 3.09. The Morgan fingerprint density at radius 1 is 1.03 bits per heavy atom. The molecule has 0 unspecified atom stereocenters. The smallest absolute Gasteiger partial charge is 0.246 e. The Labute approximate surface area is 194 Å². The van der Waals surface area contributed by atoms with Crippen molar-refractivity contribution in [2.75, 3.05) is 46.5 Å². The molecule has 0 bridgehead atoms. The number of ether oxygens (including phenoxy) is 3. The van der Waals surface area contributed by atoms with E-state index in [2.05, 4.69) is 0 Å². The number of methoxy groups -OCH3 is 1. The minimum atomic E-state index is -3.59. The zero-order valence-corrected chi connectivity index (χ0v) is 19.6. The SMILES string of the molecule is COc1cc(/C=C/C(=O)N2CCCN(S(=O)(=O)c3ccc(C)cc3)CC2)cc2c1OCCO2. The summed E-state index contributed by atoms with van der Waals surface area (Å²) in [6.45, 7) is 4.30. The van der Waals surface area contributed by atoms with Gasteiger partial charge in [0.05, 0.1) is 12.0 Å². The van der Waals surface area contributed by atoms with Crippen LogP contribution in [0.1, 0.15) is 17.5 Å². The van der Waals surface area contributed by atoms with Crippen molar-refractivity contribution in [3.05, 3.63) is 53.6 Å². The van der Waals surface area contributed by atoms with E-state index >= 15 is 0 Å². The maximum absolute atomic E-state index is 13.0. The van der Waals surface area contributed by atoms with Gasteiger partial charge in [-0.25, -0.2) is 8.42 Å². The number of aryl methyl sites for hydroxylation is 1. The van der Waals surface area contributed by atoms with E-state index in [4.69, 9.17) is 14.2 Å². The lowest BCUT2D eigenvalue weighted by Crippen LogP contribution is -2.36. The molecule has 2 aliphatic rings. The monoisotopic (exact) mass is 472 g/mol. The molecule has 2 heterocycles. The van der Waals surface area contributed by atoms with Crippen molar-refractivity contribution in [1.82, 2.24) is 9.21 Å². The summed E-state index contributed by atoms with van der Waals surface area (Å²) in [5.74, 6) is 1.53. The van der Waals surface area contributed by atoms with Gasteiger partial charge < -0.3 is 19.1 Å². The first-order valence-corrected chi connectivity index (χ1v) is 12.3. The molecule has 0 radical (unpaired) electrons. The molecule has 0 spiro atoms. The molecule has 1 amide bonds. The van der Waals surface area contributed by atoms with E-state index in [0.717, 1.165) is 11.1 Å². The number of fused-ring (bicyclic) bond motifs is 1. The number of hydrogen-bond donors (Lipinski definition) is 0. The third-order valence-corrected chi connectivity index (χ3v) is 7.61. The molecule has 176 valence electrons. The molecule has 0 atom stereocenters. The van der Waals surface area contributed by atoms with Gasteiger partial charge in [-0.1, -0.05) is 17.7 Å². The van der Waals surface area contributed by atoms with Crippen LogP contribution in [-0.2, 0) is 14.8 Å². The number of benzene rings is 2. The summed E-state index contributed by atoms with van der Waals surface area (Å²) in [5, 5.41) is 0. The predicted octanol–water partition coefficient (Wildman–Crippen LogP) is 2.71. The molecule has 2 aliphatic heterocycles. The Morgan fingerprint density at radius 2 is 1.79 bits per heavy atom. The average molecular weight is 473 g/mol. The molecule has 0 aliphatic carbocycles. The van der Waals surface area contributed by atoms with Gasteiger partial charge in [0.25, 0.3) is 0 Å². The van der Waals surface area contributed by atoms with Gasteiger partial charge in [-0.05, 0) is 49.2 Å². The second-order valence-corrected chi connectivity index (χ2v) is 9.91. The highest BCUT2D eigenvalue weighted by Gasteiger charge is 2.27. The maximum Gasteiger partial charge on any atom is 0.246 e. The van der Waals surface area contributed by atoms with E-state index in [1.54, 1.807) is 54.5 Å². The molecule has 1 fully saturated rings. The third kappa shape index (κ3) is 5.15. The number of carbonyl (C=O) groups excluding carboxylic acids is 1. The van der Waals surface area contributed by atoms with Crippen LogP contribution in [0.4, 0.5) is 0 Å². The number of carbonyl (C=O) groups is 1. The molecule has 4 rings (SSSR count). The lowest BCUT2D eigenvalue weighted by molar-refractivity contribution is -0.125. The van der Waals surface area contributed by atoms with Gasteiger partial charge in [-0.15, -0.1) is 0 Å². The Balaban J connectivity index is 1.43. The summed E-state index contributed by atoms with van der Waals surface area (Å²) in [4.78, 5) is 14.8. The fourth-order valence-electron chi connectivity index (χ4n) is 3.88. The maximum atomic E-state index is 13.0. The van der Waals surface area contributed by atoms with Crippen molar-refractivity contribution in [2.24, 2.45) is 0 Å². The van der Waals surface area contributed by atoms with E-state index in [1.165, 1.54) is 10.4 Å². The molecular weight excluding hydrogens is 444 g/mol. The highest BCUT2D eigenvalue weighted by molar-refractivity contribution is 7.89. The molecule has 9 heteroatoms. The van der Waals surface area contributed by atoms with Crippen LogP contribution in [0.2, 0.25) is 0 Å². The summed E-state index contributed by atoms with van der Waals surface area (Å²) in [6.07, 6.45) is 3.77. The lowest BCUT2D eigenvalue weighted by Gasteiger charge is -2.21. The van der Waals surface area contributed by atoms with Crippen molar-refractivity contribution in [3.63, 3.8) is 0 Å². The van der Waals surface area contributed by atoms with Gasteiger partial charge in [0, 0.05) is 32.3 Å². The Morgan fingerprint density at radius 3 is 2.55 bits per heavy atom. The summed E-state index contributed by atoms with van der Waals surface area (Å²) >= 11 is 0. The van der Waals surface area contributed by atoms with Crippen LogP contribution in [0.15, 0.2) is 47.4 Å². The van der Waals surface area contributed by atoms with Crippen molar-refractivity contribution in [3.8, 4) is 17.2 Å². The summed E-state index contributed by atoms with van der Waals surface area (Å²) in [7, 11) is -2.03. The second-order valence-electron chi connectivity index (χ2n) is 7.98. The van der Waals surface area contributed by atoms with Crippen LogP contribution in [0, 0.1) is 6.92 Å². The quantitative estimate of drug-likeness (QED) is 0.622. The van der Waals surface area contributed by atoms with E-state index in [0.29, 0.717) is 56.5 Å². The molecular formula is C24H28N2O6S. The standard InChI is InChI=1S/C24H28N2O6S/c1-18-4-7-20(8-5-18)33(28,29)26-11-3-10-25(12-13-26)23(27)9-6-19-16-21(30-2)24-22(17-19)31-14-15-32-24/h4-9,16-17H,3,10-15H2,1-2H3/b9-6+. The number of sulfonamides is 1. The van der Waals surface area contributed by atoms with Crippen molar-refractivity contribution < 1.29 is 27.4 Å². The summed E-state index contributed by atoms with van der Waals surface area (Å²) in [6, 6.07) is 10.4. The minimum absolute atomic E-state index is 0.168. The molecule has 2 aromatic rings. The number of nitrogens with zero attached hydrogens (tertiary/aromatic N) is 2. The van der Waals surface area contributed by atoms with Crippen molar-refractivity contribution >= 4 is 22.0 Å². The number of rotatable bonds is 5. The molecule has 0 N–H and O–H groups in total. The van der Waals surface area contributed by atoms with Gasteiger partial charge in [0.15, 0.2) is 11.5 Å². The first-order valence-electron chi connectivity index (χ1n) is 10.9. The Kier molecular flexibility index (Phi) is 6.90. The van der Waals surface area contributed by atoms with Crippen LogP contribution < -0.4 is 14.2 Å². The van der Waals surface area contributed by atoms with Crippen LogP contribution in [0.25, 0.3) is 6.08 Å². The molecule has 1 saturated heterocycles. The first kappa shape index (κ1) is 23.1. The van der Waals surface area contributed by atoms with Crippen LogP contribution in [-0.4, -0.2) is 70.0 Å². The van der Waals surface area contributed by atoms with E-state index in [1.807, 2.05) is 6.92 Å². The van der Waals surface area contributed by atoms with Gasteiger partial charge in [-0.2, -0.15) is 4.31 Å². The number of hydrogen-bond acceptors (Lipinski definition) is 6. The van der Waals surface area contributed by atoms with Crippen LogP contribution in [0.5, 0.6) is 17.2 Å².